The van der Waals surface area contributed by atoms with Gasteiger partial charge >= 0.3 is 12.1 Å². The molecule has 1 unspecified atom stereocenters. The van der Waals surface area contributed by atoms with Crippen molar-refractivity contribution in [3.05, 3.63) is 0 Å². The molecule has 0 saturated carbocycles. The van der Waals surface area contributed by atoms with Crippen molar-refractivity contribution in [1.82, 2.24) is 9.80 Å². The van der Waals surface area contributed by atoms with E-state index in [0.717, 1.165) is 32.2 Å². The van der Waals surface area contributed by atoms with Gasteiger partial charge in [-0.3, -0.25) is 9.69 Å². The van der Waals surface area contributed by atoms with Crippen molar-refractivity contribution >= 4 is 12.1 Å². The molecular weight excluding hydrogens is 260 g/mol. The van der Waals surface area contributed by atoms with Crippen LogP contribution >= 0.6 is 0 Å². The largest absolute Gasteiger partial charge is 0.480 e. The minimum absolute atomic E-state index is 0.102. The second-order valence-electron chi connectivity index (χ2n) is 5.88. The van der Waals surface area contributed by atoms with Crippen molar-refractivity contribution in [2.75, 3.05) is 19.6 Å². The fraction of sp³-hybridized carbons (Fsp3) is 0.857. The van der Waals surface area contributed by atoms with Gasteiger partial charge < -0.3 is 14.7 Å². The fourth-order valence-corrected chi connectivity index (χ4v) is 3.15. The first-order chi connectivity index (χ1) is 9.49. The molecule has 20 heavy (non-hydrogen) atoms. The van der Waals surface area contributed by atoms with E-state index in [4.69, 9.17) is 4.74 Å². The molecule has 2 rings (SSSR count). The van der Waals surface area contributed by atoms with Crippen molar-refractivity contribution in [2.24, 2.45) is 0 Å². The summed E-state index contributed by atoms with van der Waals surface area (Å²) in [4.78, 5) is 26.9. The van der Waals surface area contributed by atoms with E-state index in [1.807, 2.05) is 13.8 Å². The van der Waals surface area contributed by atoms with Crippen molar-refractivity contribution in [1.29, 1.82) is 0 Å². The summed E-state index contributed by atoms with van der Waals surface area (Å²) in [6.07, 6.45) is 3.00. The molecule has 2 aliphatic rings. The second kappa shape index (κ2) is 6.43. The molecule has 0 aromatic rings. The minimum atomic E-state index is -0.718. The maximum absolute atomic E-state index is 11.8. The summed E-state index contributed by atoms with van der Waals surface area (Å²) in [6, 6.07) is -0.0594. The molecule has 2 saturated heterocycles. The van der Waals surface area contributed by atoms with Crippen LogP contribution in [-0.4, -0.2) is 64.8 Å². The number of hydrogen-bond acceptors (Lipinski definition) is 4. The number of hydrogen-bond donors (Lipinski definition) is 1. The van der Waals surface area contributed by atoms with Crippen LogP contribution in [0.1, 0.15) is 39.5 Å². The molecular formula is C14H24N2O4. The lowest BCUT2D eigenvalue weighted by atomic mass is 10.0. The van der Waals surface area contributed by atoms with E-state index in [1.165, 1.54) is 0 Å². The molecule has 114 valence electrons. The maximum atomic E-state index is 11.8. The lowest BCUT2D eigenvalue weighted by Crippen LogP contribution is -2.50. The van der Waals surface area contributed by atoms with Crippen molar-refractivity contribution in [2.45, 2.75) is 57.7 Å². The van der Waals surface area contributed by atoms with Gasteiger partial charge in [0.15, 0.2) is 0 Å². The standard InChI is InChI=1S/C14H24N2O4/c1-10(2)20-14(19)15-8-5-11(6-9-15)16-7-3-4-12(16)13(17)18/h10-12H,3-9H2,1-2H3,(H,17,18). The molecule has 1 atom stereocenters. The van der Waals surface area contributed by atoms with Gasteiger partial charge in [0.1, 0.15) is 6.04 Å². The average Bonchev–Trinajstić information content (AvgIpc) is 2.87. The molecule has 6 nitrogen and oxygen atoms in total. The summed E-state index contributed by atoms with van der Waals surface area (Å²) in [7, 11) is 0. The average molecular weight is 284 g/mol. The monoisotopic (exact) mass is 284 g/mol. The highest BCUT2D eigenvalue weighted by atomic mass is 16.6. The lowest BCUT2D eigenvalue weighted by molar-refractivity contribution is -0.143. The van der Waals surface area contributed by atoms with Crippen LogP contribution < -0.4 is 0 Å². The van der Waals surface area contributed by atoms with E-state index >= 15 is 0 Å². The number of carboxylic acid groups (broad SMARTS) is 1. The number of piperidine rings is 1. The van der Waals surface area contributed by atoms with Crippen LogP contribution in [0, 0.1) is 0 Å². The van der Waals surface area contributed by atoms with Gasteiger partial charge in [0, 0.05) is 19.1 Å². The van der Waals surface area contributed by atoms with E-state index < -0.39 is 5.97 Å². The van der Waals surface area contributed by atoms with Crippen LogP contribution in [0.25, 0.3) is 0 Å². The first-order valence-electron chi connectivity index (χ1n) is 7.43. The number of ether oxygens (including phenoxy) is 1. The Balaban J connectivity index is 1.85. The van der Waals surface area contributed by atoms with Gasteiger partial charge in [0.25, 0.3) is 0 Å². The van der Waals surface area contributed by atoms with Gasteiger partial charge in [-0.15, -0.1) is 0 Å². The molecule has 0 aromatic carbocycles. The summed E-state index contributed by atoms with van der Waals surface area (Å²) in [6.45, 7) is 5.84. The zero-order valence-electron chi connectivity index (χ0n) is 12.2. The number of carbonyl (C=O) groups is 2. The highest BCUT2D eigenvalue weighted by molar-refractivity contribution is 5.74. The summed E-state index contributed by atoms with van der Waals surface area (Å²) in [5.41, 5.74) is 0. The van der Waals surface area contributed by atoms with E-state index in [0.29, 0.717) is 13.1 Å². The molecule has 1 N–H and O–H groups in total. The predicted molar refractivity (Wildman–Crippen MR) is 73.6 cm³/mol. The van der Waals surface area contributed by atoms with Gasteiger partial charge in [-0.1, -0.05) is 0 Å². The number of rotatable bonds is 3. The number of nitrogens with zero attached hydrogens (tertiary/aromatic N) is 2. The normalized spacial score (nSPS) is 25.1. The van der Waals surface area contributed by atoms with Crippen molar-refractivity contribution in [3.8, 4) is 0 Å². The molecule has 6 heteroatoms. The fourth-order valence-electron chi connectivity index (χ4n) is 3.15. The Morgan fingerprint density at radius 1 is 1.15 bits per heavy atom. The predicted octanol–water partition coefficient (Wildman–Crippen LogP) is 1.54. The highest BCUT2D eigenvalue weighted by Gasteiger charge is 2.37. The molecule has 1 amide bonds. The number of carboxylic acids is 1. The number of carbonyl (C=O) groups excluding carboxylic acids is 1. The Labute approximate surface area is 119 Å². The van der Waals surface area contributed by atoms with Gasteiger partial charge in [-0.2, -0.15) is 0 Å². The molecule has 2 heterocycles. The van der Waals surface area contributed by atoms with Crippen molar-refractivity contribution < 1.29 is 19.4 Å². The third-order valence-corrected chi connectivity index (χ3v) is 4.11. The second-order valence-corrected chi connectivity index (χ2v) is 5.88. The lowest BCUT2D eigenvalue weighted by Gasteiger charge is -2.38. The Kier molecular flexibility index (Phi) is 4.86. The van der Waals surface area contributed by atoms with Crippen LogP contribution in [-0.2, 0) is 9.53 Å². The van der Waals surface area contributed by atoms with Gasteiger partial charge in [0.05, 0.1) is 6.10 Å². The Morgan fingerprint density at radius 3 is 2.35 bits per heavy atom. The van der Waals surface area contributed by atoms with Crippen LogP contribution in [0.4, 0.5) is 4.79 Å². The quantitative estimate of drug-likeness (QED) is 0.851. The van der Waals surface area contributed by atoms with E-state index in [9.17, 15) is 14.7 Å². The van der Waals surface area contributed by atoms with E-state index in [-0.39, 0.29) is 24.3 Å². The summed E-state index contributed by atoms with van der Waals surface area (Å²) >= 11 is 0. The van der Waals surface area contributed by atoms with E-state index in [2.05, 4.69) is 4.90 Å². The first kappa shape index (κ1) is 15.1. The first-order valence-corrected chi connectivity index (χ1v) is 7.43. The van der Waals surface area contributed by atoms with Gasteiger partial charge in [0.2, 0.25) is 0 Å². The Hall–Kier alpha value is -1.30. The number of amides is 1. The zero-order valence-corrected chi connectivity index (χ0v) is 12.2. The summed E-state index contributed by atoms with van der Waals surface area (Å²) in [5, 5.41) is 9.23. The van der Waals surface area contributed by atoms with Crippen LogP contribution in [0.15, 0.2) is 0 Å². The number of likely N-dealkylation sites (tertiary alicyclic amines) is 2. The summed E-state index contributed by atoms with van der Waals surface area (Å²) in [5.74, 6) is -0.718. The molecule has 2 fully saturated rings. The van der Waals surface area contributed by atoms with Crippen LogP contribution in [0.5, 0.6) is 0 Å². The third-order valence-electron chi connectivity index (χ3n) is 4.11. The topological polar surface area (TPSA) is 70.1 Å². The maximum Gasteiger partial charge on any atom is 0.410 e. The zero-order chi connectivity index (χ0) is 14.7. The Morgan fingerprint density at radius 2 is 1.80 bits per heavy atom. The van der Waals surface area contributed by atoms with Crippen molar-refractivity contribution in [3.63, 3.8) is 0 Å². The Bertz CT molecular complexity index is 364. The highest BCUT2D eigenvalue weighted by Crippen LogP contribution is 2.26. The van der Waals surface area contributed by atoms with Gasteiger partial charge in [-0.25, -0.2) is 4.79 Å². The number of aliphatic carboxylic acids is 1. The van der Waals surface area contributed by atoms with E-state index in [1.54, 1.807) is 4.90 Å². The molecule has 0 bridgehead atoms. The molecule has 0 spiro atoms. The minimum Gasteiger partial charge on any atom is -0.480 e. The van der Waals surface area contributed by atoms with Crippen LogP contribution in [0.3, 0.4) is 0 Å². The SMILES string of the molecule is CC(C)OC(=O)N1CCC(N2CCCC2C(=O)O)CC1. The van der Waals surface area contributed by atoms with Gasteiger partial charge in [-0.05, 0) is 46.1 Å². The van der Waals surface area contributed by atoms with Crippen LogP contribution in [0.2, 0.25) is 0 Å². The third kappa shape index (κ3) is 3.42. The molecule has 0 aromatic heterocycles. The molecule has 0 aliphatic carbocycles. The smallest absolute Gasteiger partial charge is 0.410 e. The molecule has 2 aliphatic heterocycles. The molecule has 0 radical (unpaired) electrons. The summed E-state index contributed by atoms with van der Waals surface area (Å²) < 4.78 is 5.19.